The molecule has 122 valence electrons. The number of benzene rings is 1. The number of nitrogens with one attached hydrogen (secondary N) is 2. The highest BCUT2D eigenvalue weighted by Crippen LogP contribution is 2.26. The zero-order chi connectivity index (χ0) is 16.0. The number of piperidine rings is 1. The number of carbonyl (C=O) groups excluding carboxylic acids is 1. The van der Waals surface area contributed by atoms with Crippen LogP contribution in [0, 0.1) is 11.2 Å². The summed E-state index contributed by atoms with van der Waals surface area (Å²) in [5, 5.41) is 6.35. The highest BCUT2D eigenvalue weighted by Gasteiger charge is 2.26. The van der Waals surface area contributed by atoms with Crippen LogP contribution in [0.1, 0.15) is 31.7 Å². The molecule has 4 nitrogen and oxygen atoms in total. The first-order valence-electron chi connectivity index (χ1n) is 7.82. The van der Waals surface area contributed by atoms with Crippen LogP contribution in [0.3, 0.4) is 0 Å². The van der Waals surface area contributed by atoms with Crippen LogP contribution < -0.4 is 15.4 Å². The monoisotopic (exact) mass is 308 g/mol. The maximum atomic E-state index is 13.6. The molecule has 0 radical (unpaired) electrons. The lowest BCUT2D eigenvalue weighted by atomic mass is 9.81. The van der Waals surface area contributed by atoms with Crippen LogP contribution in [0.5, 0.6) is 5.75 Å². The molecule has 1 aliphatic rings. The van der Waals surface area contributed by atoms with Gasteiger partial charge in [-0.1, -0.05) is 13.0 Å². The van der Waals surface area contributed by atoms with Gasteiger partial charge < -0.3 is 15.4 Å². The summed E-state index contributed by atoms with van der Waals surface area (Å²) in [6.45, 7) is 4.95. The van der Waals surface area contributed by atoms with Gasteiger partial charge in [0.2, 0.25) is 5.91 Å². The van der Waals surface area contributed by atoms with E-state index in [0.29, 0.717) is 19.4 Å². The van der Waals surface area contributed by atoms with E-state index in [1.807, 2.05) is 0 Å². The first-order valence-corrected chi connectivity index (χ1v) is 7.82. The molecule has 1 aliphatic heterocycles. The van der Waals surface area contributed by atoms with E-state index in [-0.39, 0.29) is 22.9 Å². The van der Waals surface area contributed by atoms with Crippen molar-refractivity contribution in [1.82, 2.24) is 10.6 Å². The minimum atomic E-state index is -0.386. The summed E-state index contributed by atoms with van der Waals surface area (Å²) >= 11 is 0. The molecule has 0 unspecified atom stereocenters. The van der Waals surface area contributed by atoms with Crippen molar-refractivity contribution in [2.45, 2.75) is 32.6 Å². The van der Waals surface area contributed by atoms with Crippen molar-refractivity contribution >= 4 is 5.91 Å². The zero-order valence-corrected chi connectivity index (χ0v) is 13.4. The smallest absolute Gasteiger partial charge is 0.220 e. The average molecular weight is 308 g/mol. The van der Waals surface area contributed by atoms with Gasteiger partial charge in [0.25, 0.3) is 0 Å². The molecule has 22 heavy (non-hydrogen) atoms. The predicted molar refractivity (Wildman–Crippen MR) is 84.5 cm³/mol. The lowest BCUT2D eigenvalue weighted by Gasteiger charge is -2.34. The van der Waals surface area contributed by atoms with E-state index in [2.05, 4.69) is 17.6 Å². The summed E-state index contributed by atoms with van der Waals surface area (Å²) < 4.78 is 18.5. The average Bonchev–Trinajstić information content (AvgIpc) is 2.52. The minimum Gasteiger partial charge on any atom is -0.494 e. The molecule has 2 N–H and O–H groups in total. The quantitative estimate of drug-likeness (QED) is 0.847. The Hall–Kier alpha value is -1.62. The maximum absolute atomic E-state index is 13.6. The summed E-state index contributed by atoms with van der Waals surface area (Å²) in [4.78, 5) is 12.0. The summed E-state index contributed by atoms with van der Waals surface area (Å²) in [5.74, 6) is -0.134. The van der Waals surface area contributed by atoms with E-state index in [1.165, 1.54) is 13.2 Å². The third-order valence-electron chi connectivity index (χ3n) is 4.38. The van der Waals surface area contributed by atoms with Crippen LogP contribution in [0.25, 0.3) is 0 Å². The summed E-state index contributed by atoms with van der Waals surface area (Å²) in [6, 6.07) is 4.82. The SMILES string of the molecule is COc1ccc(CCC(=O)NCC2(C)CCNCC2)cc1F. The van der Waals surface area contributed by atoms with Crippen molar-refractivity contribution in [3.8, 4) is 5.75 Å². The zero-order valence-electron chi connectivity index (χ0n) is 13.4. The van der Waals surface area contributed by atoms with E-state index in [0.717, 1.165) is 31.5 Å². The second-order valence-electron chi connectivity index (χ2n) is 6.31. The highest BCUT2D eigenvalue weighted by molar-refractivity contribution is 5.76. The Morgan fingerprint density at radius 3 is 2.77 bits per heavy atom. The number of aryl methyl sites for hydroxylation is 1. The fourth-order valence-corrected chi connectivity index (χ4v) is 2.73. The van der Waals surface area contributed by atoms with Crippen molar-refractivity contribution in [2.24, 2.45) is 5.41 Å². The molecule has 1 amide bonds. The van der Waals surface area contributed by atoms with Gasteiger partial charge in [-0.2, -0.15) is 0 Å². The Balaban J connectivity index is 1.76. The van der Waals surface area contributed by atoms with Crippen LogP contribution in [0.15, 0.2) is 18.2 Å². The first kappa shape index (κ1) is 16.7. The molecule has 1 saturated heterocycles. The van der Waals surface area contributed by atoms with E-state index >= 15 is 0 Å². The van der Waals surface area contributed by atoms with Gasteiger partial charge in [-0.05, 0) is 55.5 Å². The van der Waals surface area contributed by atoms with Gasteiger partial charge in [0.1, 0.15) is 0 Å². The standard InChI is InChI=1S/C17H25FN2O2/c1-17(7-9-19-10-8-17)12-20-16(21)6-4-13-3-5-15(22-2)14(18)11-13/h3,5,11,19H,4,6-10,12H2,1-2H3,(H,20,21). The minimum absolute atomic E-state index is 0.0241. The molecule has 0 spiro atoms. The topological polar surface area (TPSA) is 50.4 Å². The van der Waals surface area contributed by atoms with E-state index in [1.54, 1.807) is 12.1 Å². The number of halogens is 1. The van der Waals surface area contributed by atoms with Crippen LogP contribution in [0.2, 0.25) is 0 Å². The molecular formula is C17H25FN2O2. The van der Waals surface area contributed by atoms with E-state index in [4.69, 9.17) is 4.74 Å². The molecule has 1 aromatic carbocycles. The Kier molecular flexibility index (Phi) is 5.77. The predicted octanol–water partition coefficient (Wildman–Crippen LogP) is 2.27. The molecule has 0 aromatic heterocycles. The molecule has 0 aliphatic carbocycles. The summed E-state index contributed by atoms with van der Waals surface area (Å²) in [6.07, 6.45) is 3.07. The normalized spacial score (nSPS) is 17.0. The number of hydrogen-bond donors (Lipinski definition) is 2. The Bertz CT molecular complexity index is 513. The van der Waals surface area contributed by atoms with Crippen LogP contribution in [-0.4, -0.2) is 32.7 Å². The molecular weight excluding hydrogens is 283 g/mol. The number of hydrogen-bond acceptors (Lipinski definition) is 3. The van der Waals surface area contributed by atoms with Gasteiger partial charge >= 0.3 is 0 Å². The van der Waals surface area contributed by atoms with Crippen molar-refractivity contribution < 1.29 is 13.9 Å². The summed E-state index contributed by atoms with van der Waals surface area (Å²) in [7, 11) is 1.44. The third kappa shape index (κ3) is 4.70. The molecule has 1 fully saturated rings. The van der Waals surface area contributed by atoms with Gasteiger partial charge in [-0.15, -0.1) is 0 Å². The number of rotatable bonds is 6. The number of ether oxygens (including phenoxy) is 1. The molecule has 2 rings (SSSR count). The molecule has 0 atom stereocenters. The third-order valence-corrected chi connectivity index (χ3v) is 4.38. The summed E-state index contributed by atoms with van der Waals surface area (Å²) in [5.41, 5.74) is 0.995. The second kappa shape index (κ2) is 7.58. The first-order chi connectivity index (χ1) is 10.5. The van der Waals surface area contributed by atoms with Gasteiger partial charge in [0, 0.05) is 13.0 Å². The fourth-order valence-electron chi connectivity index (χ4n) is 2.73. The van der Waals surface area contributed by atoms with Crippen molar-refractivity contribution in [1.29, 1.82) is 0 Å². The Labute approximate surface area is 131 Å². The Morgan fingerprint density at radius 1 is 1.41 bits per heavy atom. The van der Waals surface area contributed by atoms with Gasteiger partial charge in [0.05, 0.1) is 7.11 Å². The van der Waals surface area contributed by atoms with Gasteiger partial charge in [-0.3, -0.25) is 4.79 Å². The second-order valence-corrected chi connectivity index (χ2v) is 6.31. The fraction of sp³-hybridized carbons (Fsp3) is 0.588. The Morgan fingerprint density at radius 2 is 2.14 bits per heavy atom. The molecule has 1 aromatic rings. The van der Waals surface area contributed by atoms with E-state index < -0.39 is 0 Å². The van der Waals surface area contributed by atoms with Gasteiger partial charge in [0.15, 0.2) is 11.6 Å². The van der Waals surface area contributed by atoms with Crippen molar-refractivity contribution in [3.63, 3.8) is 0 Å². The van der Waals surface area contributed by atoms with Crippen molar-refractivity contribution in [3.05, 3.63) is 29.6 Å². The molecule has 1 heterocycles. The largest absolute Gasteiger partial charge is 0.494 e. The maximum Gasteiger partial charge on any atom is 0.220 e. The van der Waals surface area contributed by atoms with Gasteiger partial charge in [-0.25, -0.2) is 4.39 Å². The molecule has 0 saturated carbocycles. The molecule has 5 heteroatoms. The molecule has 0 bridgehead atoms. The van der Waals surface area contributed by atoms with Crippen molar-refractivity contribution in [2.75, 3.05) is 26.7 Å². The van der Waals surface area contributed by atoms with Crippen LogP contribution in [0.4, 0.5) is 4.39 Å². The lowest BCUT2D eigenvalue weighted by molar-refractivity contribution is -0.121. The lowest BCUT2D eigenvalue weighted by Crippen LogP contribution is -2.42. The highest BCUT2D eigenvalue weighted by atomic mass is 19.1. The number of amides is 1. The van der Waals surface area contributed by atoms with Crippen LogP contribution in [-0.2, 0) is 11.2 Å². The number of carbonyl (C=O) groups is 1. The number of methoxy groups -OCH3 is 1. The van der Waals surface area contributed by atoms with Crippen LogP contribution >= 0.6 is 0 Å². The van der Waals surface area contributed by atoms with E-state index in [9.17, 15) is 9.18 Å².